The fourth-order valence-corrected chi connectivity index (χ4v) is 1.77. The van der Waals surface area contributed by atoms with Crippen LogP contribution < -0.4 is 5.32 Å². The standard InChI is InChI=1S/C15H18N2/c1-12-5-6-14(8-13(12)2)9-17-11-15-4-3-7-16-10-15/h3-8,10,17H,9,11H2,1-2H3. The lowest BCUT2D eigenvalue weighted by molar-refractivity contribution is 0.691. The van der Waals surface area contributed by atoms with Crippen LogP contribution in [-0.2, 0) is 13.1 Å². The summed E-state index contributed by atoms with van der Waals surface area (Å²) in [5.74, 6) is 0. The lowest BCUT2D eigenvalue weighted by Crippen LogP contribution is -2.12. The van der Waals surface area contributed by atoms with Crippen LogP contribution >= 0.6 is 0 Å². The second-order valence-electron chi connectivity index (χ2n) is 4.38. The van der Waals surface area contributed by atoms with Gasteiger partial charge >= 0.3 is 0 Å². The summed E-state index contributed by atoms with van der Waals surface area (Å²) < 4.78 is 0. The fraction of sp³-hybridized carbons (Fsp3) is 0.267. The maximum absolute atomic E-state index is 4.10. The molecule has 0 saturated heterocycles. The average Bonchev–Trinajstić information content (AvgIpc) is 2.35. The minimum absolute atomic E-state index is 0.862. The molecule has 0 amide bonds. The number of hydrogen-bond donors (Lipinski definition) is 1. The molecule has 1 aromatic carbocycles. The highest BCUT2D eigenvalue weighted by atomic mass is 14.8. The first-order chi connectivity index (χ1) is 8.25. The Morgan fingerprint density at radius 2 is 1.82 bits per heavy atom. The van der Waals surface area contributed by atoms with E-state index in [0.29, 0.717) is 0 Å². The van der Waals surface area contributed by atoms with Crippen molar-refractivity contribution in [1.29, 1.82) is 0 Å². The molecule has 2 heteroatoms. The minimum atomic E-state index is 0.862. The van der Waals surface area contributed by atoms with Crippen molar-refractivity contribution in [1.82, 2.24) is 10.3 Å². The first-order valence-corrected chi connectivity index (χ1v) is 5.91. The number of hydrogen-bond acceptors (Lipinski definition) is 2. The first kappa shape index (κ1) is 11.8. The molecule has 0 fully saturated rings. The number of aryl methyl sites for hydroxylation is 2. The van der Waals surface area contributed by atoms with Crippen molar-refractivity contribution >= 4 is 0 Å². The number of pyridine rings is 1. The predicted molar refractivity (Wildman–Crippen MR) is 70.7 cm³/mol. The minimum Gasteiger partial charge on any atom is -0.309 e. The van der Waals surface area contributed by atoms with E-state index >= 15 is 0 Å². The molecule has 0 radical (unpaired) electrons. The number of rotatable bonds is 4. The van der Waals surface area contributed by atoms with E-state index in [2.05, 4.69) is 48.4 Å². The molecule has 0 aliphatic rings. The van der Waals surface area contributed by atoms with Crippen LogP contribution in [0.25, 0.3) is 0 Å². The fourth-order valence-electron chi connectivity index (χ4n) is 1.77. The molecule has 2 aromatic rings. The van der Waals surface area contributed by atoms with Crippen LogP contribution in [0.5, 0.6) is 0 Å². The lowest BCUT2D eigenvalue weighted by Gasteiger charge is -2.07. The summed E-state index contributed by atoms with van der Waals surface area (Å²) in [7, 11) is 0. The van der Waals surface area contributed by atoms with E-state index in [1.165, 1.54) is 22.3 Å². The van der Waals surface area contributed by atoms with Crippen molar-refractivity contribution in [2.75, 3.05) is 0 Å². The number of nitrogens with zero attached hydrogens (tertiary/aromatic N) is 1. The third kappa shape index (κ3) is 3.40. The van der Waals surface area contributed by atoms with E-state index in [9.17, 15) is 0 Å². The highest BCUT2D eigenvalue weighted by molar-refractivity contribution is 5.29. The maximum atomic E-state index is 4.10. The highest BCUT2D eigenvalue weighted by Crippen LogP contribution is 2.09. The van der Waals surface area contributed by atoms with Crippen molar-refractivity contribution in [2.24, 2.45) is 0 Å². The molecule has 0 aliphatic heterocycles. The molecular weight excluding hydrogens is 208 g/mol. The van der Waals surface area contributed by atoms with Gasteiger partial charge in [0.1, 0.15) is 0 Å². The Morgan fingerprint density at radius 3 is 2.53 bits per heavy atom. The molecule has 0 aliphatic carbocycles. The molecule has 1 aromatic heterocycles. The van der Waals surface area contributed by atoms with Gasteiger partial charge in [0.05, 0.1) is 0 Å². The van der Waals surface area contributed by atoms with Crippen molar-refractivity contribution in [3.63, 3.8) is 0 Å². The summed E-state index contributed by atoms with van der Waals surface area (Å²) >= 11 is 0. The molecule has 0 saturated carbocycles. The Labute approximate surface area is 103 Å². The average molecular weight is 226 g/mol. The molecular formula is C15H18N2. The van der Waals surface area contributed by atoms with Gasteiger partial charge in [-0.05, 0) is 42.2 Å². The van der Waals surface area contributed by atoms with Crippen LogP contribution in [0.4, 0.5) is 0 Å². The quantitative estimate of drug-likeness (QED) is 0.867. The zero-order valence-electron chi connectivity index (χ0n) is 10.4. The van der Waals surface area contributed by atoms with E-state index in [1.807, 2.05) is 12.3 Å². The van der Waals surface area contributed by atoms with Gasteiger partial charge in [-0.2, -0.15) is 0 Å². The van der Waals surface area contributed by atoms with Gasteiger partial charge in [0.15, 0.2) is 0 Å². The zero-order chi connectivity index (χ0) is 12.1. The normalized spacial score (nSPS) is 10.5. The van der Waals surface area contributed by atoms with E-state index in [4.69, 9.17) is 0 Å². The predicted octanol–water partition coefficient (Wildman–Crippen LogP) is 2.99. The molecule has 0 spiro atoms. The third-order valence-electron chi connectivity index (χ3n) is 2.95. The Kier molecular flexibility index (Phi) is 3.89. The number of aromatic nitrogens is 1. The van der Waals surface area contributed by atoms with E-state index in [-0.39, 0.29) is 0 Å². The first-order valence-electron chi connectivity index (χ1n) is 5.91. The van der Waals surface area contributed by atoms with E-state index < -0.39 is 0 Å². The Balaban J connectivity index is 1.88. The summed E-state index contributed by atoms with van der Waals surface area (Å²) in [4.78, 5) is 4.10. The molecule has 88 valence electrons. The molecule has 1 N–H and O–H groups in total. The van der Waals surface area contributed by atoms with Gasteiger partial charge in [0, 0.05) is 25.5 Å². The topological polar surface area (TPSA) is 24.9 Å². The maximum Gasteiger partial charge on any atom is 0.0312 e. The van der Waals surface area contributed by atoms with Gasteiger partial charge < -0.3 is 5.32 Å². The summed E-state index contributed by atoms with van der Waals surface area (Å²) in [5.41, 5.74) is 5.25. The van der Waals surface area contributed by atoms with Crippen LogP contribution in [-0.4, -0.2) is 4.98 Å². The van der Waals surface area contributed by atoms with Crippen LogP contribution in [0.15, 0.2) is 42.7 Å². The van der Waals surface area contributed by atoms with E-state index in [1.54, 1.807) is 6.20 Å². The Morgan fingerprint density at radius 1 is 1.00 bits per heavy atom. The summed E-state index contributed by atoms with van der Waals surface area (Å²) in [6.45, 7) is 6.05. The number of nitrogens with one attached hydrogen (secondary N) is 1. The molecule has 17 heavy (non-hydrogen) atoms. The van der Waals surface area contributed by atoms with Gasteiger partial charge in [-0.25, -0.2) is 0 Å². The highest BCUT2D eigenvalue weighted by Gasteiger charge is 1.97. The van der Waals surface area contributed by atoms with Gasteiger partial charge in [0.2, 0.25) is 0 Å². The summed E-state index contributed by atoms with van der Waals surface area (Å²) in [6, 6.07) is 10.6. The molecule has 0 bridgehead atoms. The van der Waals surface area contributed by atoms with Crippen LogP contribution in [0.3, 0.4) is 0 Å². The lowest BCUT2D eigenvalue weighted by atomic mass is 10.1. The van der Waals surface area contributed by atoms with Crippen molar-refractivity contribution in [2.45, 2.75) is 26.9 Å². The Hall–Kier alpha value is -1.67. The van der Waals surface area contributed by atoms with Crippen LogP contribution in [0.1, 0.15) is 22.3 Å². The van der Waals surface area contributed by atoms with Crippen molar-refractivity contribution < 1.29 is 0 Å². The summed E-state index contributed by atoms with van der Waals surface area (Å²) in [6.07, 6.45) is 3.69. The SMILES string of the molecule is Cc1ccc(CNCc2cccnc2)cc1C. The van der Waals surface area contributed by atoms with E-state index in [0.717, 1.165) is 13.1 Å². The Bertz CT molecular complexity index is 478. The second-order valence-corrected chi connectivity index (χ2v) is 4.38. The number of benzene rings is 1. The van der Waals surface area contributed by atoms with Gasteiger partial charge in [-0.15, -0.1) is 0 Å². The smallest absolute Gasteiger partial charge is 0.0312 e. The molecule has 0 unspecified atom stereocenters. The van der Waals surface area contributed by atoms with Gasteiger partial charge in [0.25, 0.3) is 0 Å². The molecule has 2 rings (SSSR count). The summed E-state index contributed by atoms with van der Waals surface area (Å²) in [5, 5.41) is 3.42. The van der Waals surface area contributed by atoms with Gasteiger partial charge in [-0.3, -0.25) is 4.98 Å². The van der Waals surface area contributed by atoms with Crippen molar-refractivity contribution in [3.8, 4) is 0 Å². The molecule has 0 atom stereocenters. The molecule has 2 nitrogen and oxygen atoms in total. The zero-order valence-corrected chi connectivity index (χ0v) is 10.4. The monoisotopic (exact) mass is 226 g/mol. The van der Waals surface area contributed by atoms with Crippen LogP contribution in [0, 0.1) is 13.8 Å². The largest absolute Gasteiger partial charge is 0.309 e. The van der Waals surface area contributed by atoms with Crippen LogP contribution in [0.2, 0.25) is 0 Å². The second kappa shape index (κ2) is 5.60. The van der Waals surface area contributed by atoms with Gasteiger partial charge in [-0.1, -0.05) is 24.3 Å². The molecule has 1 heterocycles. The third-order valence-corrected chi connectivity index (χ3v) is 2.95. The van der Waals surface area contributed by atoms with Crippen molar-refractivity contribution in [3.05, 3.63) is 65.0 Å².